The van der Waals surface area contributed by atoms with Gasteiger partial charge in [-0.25, -0.2) is 9.78 Å². The van der Waals surface area contributed by atoms with Crippen LogP contribution in [0.4, 0.5) is 13.2 Å². The Morgan fingerprint density at radius 2 is 1.82 bits per heavy atom. The van der Waals surface area contributed by atoms with Crippen molar-refractivity contribution >= 4 is 35.2 Å². The molecule has 0 spiro atoms. The second-order valence-electron chi connectivity index (χ2n) is 10.8. The van der Waals surface area contributed by atoms with Gasteiger partial charge in [0, 0.05) is 36.4 Å². The maximum atomic E-state index is 11.9. The van der Waals surface area contributed by atoms with Crippen LogP contribution in [0.1, 0.15) is 55.4 Å². The van der Waals surface area contributed by atoms with E-state index in [0.717, 1.165) is 39.4 Å². The fourth-order valence-corrected chi connectivity index (χ4v) is 4.62. The van der Waals surface area contributed by atoms with E-state index in [4.69, 9.17) is 38.0 Å². The zero-order valence-electron chi connectivity index (χ0n) is 27.8. The topological polar surface area (TPSA) is 64.4 Å². The Bertz CT molecular complexity index is 1720. The van der Waals surface area contributed by atoms with Crippen LogP contribution in [0.25, 0.3) is 17.3 Å². The van der Waals surface area contributed by atoms with E-state index < -0.39 is 18.6 Å². The van der Waals surface area contributed by atoms with Crippen LogP contribution in [0, 0.1) is 0 Å². The van der Waals surface area contributed by atoms with Crippen LogP contribution in [0.15, 0.2) is 128 Å². The van der Waals surface area contributed by atoms with Gasteiger partial charge in [-0.3, -0.25) is 0 Å². The molecule has 1 atom stereocenters. The number of alkyl halides is 3. The number of carboxylic acid groups (broad SMARTS) is 1. The van der Waals surface area contributed by atoms with Gasteiger partial charge in [0.1, 0.15) is 5.82 Å². The number of aromatic nitrogens is 2. The van der Waals surface area contributed by atoms with Crippen molar-refractivity contribution in [2.75, 3.05) is 6.61 Å². The molecule has 0 radical (unpaired) electrons. The molecule has 2 aromatic carbocycles. The molecule has 0 aliphatic rings. The lowest BCUT2D eigenvalue weighted by Gasteiger charge is -2.10. The lowest BCUT2D eigenvalue weighted by atomic mass is 10.1. The van der Waals surface area contributed by atoms with Crippen molar-refractivity contribution in [1.29, 1.82) is 0 Å². The number of imidazole rings is 1. The van der Waals surface area contributed by atoms with E-state index in [1.54, 1.807) is 61.6 Å². The quantitative estimate of drug-likeness (QED) is 0.126. The number of nitrogens with zero attached hydrogens (tertiary/aromatic N) is 2. The maximum Gasteiger partial charge on any atom is 0.389 e. The van der Waals surface area contributed by atoms with Gasteiger partial charge in [0.2, 0.25) is 0 Å². The number of halogens is 5. The molecule has 0 bridgehead atoms. The van der Waals surface area contributed by atoms with Crippen LogP contribution >= 0.6 is 23.2 Å². The lowest BCUT2D eigenvalue weighted by molar-refractivity contribution is -0.138. The average molecular weight is 714 g/mol. The summed E-state index contributed by atoms with van der Waals surface area (Å²) in [6.45, 7) is 17.5. The van der Waals surface area contributed by atoms with Gasteiger partial charge in [0.15, 0.2) is 0 Å². The average Bonchev–Trinajstić information content (AvgIpc) is 3.45. The molecule has 0 saturated heterocycles. The first-order valence-electron chi connectivity index (χ1n) is 15.3. The summed E-state index contributed by atoms with van der Waals surface area (Å²) >= 11 is 12.4. The molecule has 3 aromatic rings. The number of aromatic carboxylic acids is 1. The first kappa shape index (κ1) is 40.8. The number of rotatable bonds is 15. The molecule has 1 N–H and O–H groups in total. The highest BCUT2D eigenvalue weighted by Crippen LogP contribution is 2.30. The molecule has 1 unspecified atom stereocenters. The molecule has 0 saturated carbocycles. The largest absolute Gasteiger partial charge is 0.478 e. The third-order valence-electron chi connectivity index (χ3n) is 6.97. The molecule has 10 heteroatoms. The minimum absolute atomic E-state index is 0.0313. The van der Waals surface area contributed by atoms with Crippen LogP contribution < -0.4 is 0 Å². The molecule has 260 valence electrons. The molecule has 0 aliphatic carbocycles. The van der Waals surface area contributed by atoms with Crippen LogP contribution in [-0.4, -0.2) is 39.5 Å². The molecule has 1 aromatic heterocycles. The van der Waals surface area contributed by atoms with E-state index in [9.17, 15) is 18.0 Å². The van der Waals surface area contributed by atoms with Crippen LogP contribution in [-0.2, 0) is 11.3 Å². The van der Waals surface area contributed by atoms with Crippen molar-refractivity contribution in [1.82, 2.24) is 9.55 Å². The minimum Gasteiger partial charge on any atom is -0.478 e. The van der Waals surface area contributed by atoms with E-state index >= 15 is 0 Å². The van der Waals surface area contributed by atoms with Crippen molar-refractivity contribution < 1.29 is 27.8 Å². The zero-order chi connectivity index (χ0) is 36.6. The molecule has 3 rings (SSSR count). The molecule has 0 amide bonds. The van der Waals surface area contributed by atoms with Crippen molar-refractivity contribution in [3.05, 3.63) is 155 Å². The van der Waals surface area contributed by atoms with Crippen molar-refractivity contribution in [3.63, 3.8) is 0 Å². The number of ether oxygens (including phenoxy) is 1. The van der Waals surface area contributed by atoms with Gasteiger partial charge in [-0.1, -0.05) is 103 Å². The molecule has 0 aliphatic heterocycles. The van der Waals surface area contributed by atoms with E-state index in [1.807, 2.05) is 61.0 Å². The van der Waals surface area contributed by atoms with Gasteiger partial charge < -0.3 is 14.4 Å². The number of hydrogen-bond acceptors (Lipinski definition) is 3. The summed E-state index contributed by atoms with van der Waals surface area (Å²) in [5, 5.41) is 10.2. The maximum absolute atomic E-state index is 11.9. The number of carbonyl (C=O) groups is 1. The van der Waals surface area contributed by atoms with Gasteiger partial charge in [0.05, 0.1) is 22.4 Å². The van der Waals surface area contributed by atoms with Gasteiger partial charge in [-0.15, -0.1) is 0 Å². The third kappa shape index (κ3) is 14.7. The molecule has 0 fully saturated rings. The predicted molar refractivity (Wildman–Crippen MR) is 196 cm³/mol. The highest BCUT2D eigenvalue weighted by atomic mass is 35.5. The van der Waals surface area contributed by atoms with Crippen molar-refractivity contribution in [2.24, 2.45) is 0 Å². The fourth-order valence-electron chi connectivity index (χ4n) is 4.12. The van der Waals surface area contributed by atoms with Crippen LogP contribution in [0.5, 0.6) is 0 Å². The summed E-state index contributed by atoms with van der Waals surface area (Å²) in [4.78, 5) is 15.8. The Hall–Kier alpha value is -4.37. The van der Waals surface area contributed by atoms with Crippen molar-refractivity contribution in [2.45, 2.75) is 52.4 Å². The Kier molecular flexibility index (Phi) is 16.8. The van der Waals surface area contributed by atoms with Gasteiger partial charge >= 0.3 is 12.1 Å². The van der Waals surface area contributed by atoms with Crippen LogP contribution in [0.3, 0.4) is 0 Å². The Balaban J connectivity index is 0.000000368. The summed E-state index contributed by atoms with van der Waals surface area (Å²) in [6.07, 6.45) is 11.2. The molecular weight excluding hydrogens is 672 g/mol. The predicted octanol–water partition coefficient (Wildman–Crippen LogP) is 11.7. The number of benzene rings is 2. The van der Waals surface area contributed by atoms with E-state index in [2.05, 4.69) is 19.7 Å². The molecule has 1 heterocycles. The van der Waals surface area contributed by atoms with Crippen molar-refractivity contribution in [3.8, 4) is 11.3 Å². The second-order valence-corrected chi connectivity index (χ2v) is 11.7. The smallest absolute Gasteiger partial charge is 0.389 e. The van der Waals surface area contributed by atoms with E-state index in [-0.39, 0.29) is 24.7 Å². The monoisotopic (exact) mass is 712 g/mol. The van der Waals surface area contributed by atoms with Gasteiger partial charge in [-0.05, 0) is 80.3 Å². The Morgan fingerprint density at radius 1 is 1.12 bits per heavy atom. The summed E-state index contributed by atoms with van der Waals surface area (Å²) in [7, 11) is 0. The normalized spacial score (nSPS) is 12.9. The number of hydrogen-bond donors (Lipinski definition) is 1. The summed E-state index contributed by atoms with van der Waals surface area (Å²) in [6, 6.07) is 12.2. The first-order valence-corrected chi connectivity index (χ1v) is 16.1. The van der Waals surface area contributed by atoms with Gasteiger partial charge in [0.25, 0.3) is 0 Å². The SMILES string of the molecule is C/C=C(C)/C=C/c1nc(-c2ccc(Cl)cc2Cl)cn1Cc1ccc(C(=O)O)cc1.C=C/C=C(\C=C/C(C)OCCCC(F)(F)F)C(=C)C=C. The lowest BCUT2D eigenvalue weighted by Crippen LogP contribution is -2.11. The summed E-state index contributed by atoms with van der Waals surface area (Å²) in [5.74, 6) is -0.168. The Morgan fingerprint density at radius 3 is 2.39 bits per heavy atom. The highest BCUT2D eigenvalue weighted by Gasteiger charge is 2.26. The summed E-state index contributed by atoms with van der Waals surface area (Å²) in [5.41, 5.74) is 5.47. The van der Waals surface area contributed by atoms with E-state index in [1.165, 1.54) is 0 Å². The van der Waals surface area contributed by atoms with Gasteiger partial charge in [-0.2, -0.15) is 13.2 Å². The number of carboxylic acids is 1. The first-order chi connectivity index (χ1) is 23.2. The fraction of sp³-hybridized carbons (Fsp3) is 0.231. The zero-order valence-corrected chi connectivity index (χ0v) is 29.3. The standard InChI is InChI=1S/C23H20Cl2N2O2.C16H21F3O/c1-3-15(2)4-11-22-26-21(19-10-9-18(24)12-20(19)25)14-27(22)13-16-5-7-17(8-6-16)23(28)29;1-5-8-15(13(3)6-2)10-9-14(4)20-12-7-11-16(17,18)19/h3-12,14H,13H2,1-2H3,(H,28,29);5-6,8-10,14H,1-3,7,11-12H2,4H3/b11-4+,15-3+;10-9-,15-8+. The van der Waals surface area contributed by atoms with Crippen LogP contribution in [0.2, 0.25) is 10.0 Å². The number of allylic oxidation sites excluding steroid dienone is 9. The molecular formula is C39H41Cl2F3N2O3. The molecule has 5 nitrogen and oxygen atoms in total. The third-order valence-corrected chi connectivity index (χ3v) is 7.51. The Labute approximate surface area is 296 Å². The van der Waals surface area contributed by atoms with E-state index in [0.29, 0.717) is 16.6 Å². The second kappa shape index (κ2) is 20.2. The highest BCUT2D eigenvalue weighted by molar-refractivity contribution is 6.36. The molecule has 49 heavy (non-hydrogen) atoms. The summed E-state index contributed by atoms with van der Waals surface area (Å²) < 4.78 is 43.1. The minimum atomic E-state index is -4.12.